The molecule has 20 heavy (non-hydrogen) atoms. The van der Waals surface area contributed by atoms with Crippen LogP contribution < -0.4 is 11.1 Å². The summed E-state index contributed by atoms with van der Waals surface area (Å²) in [6.07, 6.45) is 1.31. The van der Waals surface area contributed by atoms with E-state index in [1.54, 1.807) is 6.07 Å². The molecule has 6 nitrogen and oxygen atoms in total. The molecule has 0 saturated carbocycles. The average molecular weight is 297 g/mol. The first-order valence-corrected chi connectivity index (χ1v) is 8.33. The van der Waals surface area contributed by atoms with Crippen molar-refractivity contribution in [3.63, 3.8) is 0 Å². The van der Waals surface area contributed by atoms with Crippen LogP contribution in [0.3, 0.4) is 0 Å². The van der Waals surface area contributed by atoms with Crippen LogP contribution in [0.2, 0.25) is 0 Å². The molecule has 4 N–H and O–H groups in total. The van der Waals surface area contributed by atoms with Crippen LogP contribution in [0.25, 0.3) is 0 Å². The van der Waals surface area contributed by atoms with E-state index in [2.05, 4.69) is 10.5 Å². The second-order valence-electron chi connectivity index (χ2n) is 4.99. The Hall–Kier alpha value is -1.60. The summed E-state index contributed by atoms with van der Waals surface area (Å²) in [6.45, 7) is 0.636. The molecule has 1 fully saturated rings. The normalized spacial score (nSPS) is 19.9. The van der Waals surface area contributed by atoms with Gasteiger partial charge >= 0.3 is 0 Å². The Morgan fingerprint density at radius 2 is 2.10 bits per heavy atom. The predicted molar refractivity (Wildman–Crippen MR) is 77.5 cm³/mol. The molecule has 1 aliphatic heterocycles. The number of nitrogens with one attached hydrogen (secondary N) is 1. The molecule has 0 spiro atoms. The summed E-state index contributed by atoms with van der Waals surface area (Å²) in [7, 11) is -2.82. The number of benzene rings is 1. The van der Waals surface area contributed by atoms with Gasteiger partial charge in [-0.3, -0.25) is 0 Å². The van der Waals surface area contributed by atoms with E-state index < -0.39 is 9.84 Å². The second-order valence-corrected chi connectivity index (χ2v) is 7.30. The Bertz CT molecular complexity index is 585. The van der Waals surface area contributed by atoms with Crippen molar-refractivity contribution in [1.82, 2.24) is 5.32 Å². The van der Waals surface area contributed by atoms with E-state index >= 15 is 0 Å². The van der Waals surface area contributed by atoms with Gasteiger partial charge in [-0.25, -0.2) is 8.42 Å². The summed E-state index contributed by atoms with van der Waals surface area (Å²) < 4.78 is 22.7. The Morgan fingerprint density at radius 1 is 1.40 bits per heavy atom. The van der Waals surface area contributed by atoms with Crippen LogP contribution in [0, 0.1) is 0 Å². The van der Waals surface area contributed by atoms with Gasteiger partial charge in [0.2, 0.25) is 0 Å². The van der Waals surface area contributed by atoms with Crippen molar-refractivity contribution in [3.05, 3.63) is 35.4 Å². The van der Waals surface area contributed by atoms with Crippen molar-refractivity contribution in [2.24, 2.45) is 10.9 Å². The molecule has 0 aliphatic carbocycles. The highest BCUT2D eigenvalue weighted by Gasteiger charge is 2.22. The molecule has 7 heteroatoms. The van der Waals surface area contributed by atoms with E-state index in [9.17, 15) is 8.42 Å². The van der Waals surface area contributed by atoms with Crippen LogP contribution in [-0.4, -0.2) is 37.0 Å². The van der Waals surface area contributed by atoms with Gasteiger partial charge in [-0.05, 0) is 24.5 Å². The van der Waals surface area contributed by atoms with Gasteiger partial charge in [-0.2, -0.15) is 0 Å². The van der Waals surface area contributed by atoms with Crippen LogP contribution in [-0.2, 0) is 16.4 Å². The minimum Gasteiger partial charge on any atom is -0.409 e. The molecule has 1 aromatic carbocycles. The number of nitrogens with zero attached hydrogens (tertiary/aromatic N) is 1. The molecule has 0 aromatic heterocycles. The molecular weight excluding hydrogens is 278 g/mol. The lowest BCUT2D eigenvalue weighted by atomic mass is 10.1. The van der Waals surface area contributed by atoms with Crippen LogP contribution in [0.15, 0.2) is 29.4 Å². The lowest BCUT2D eigenvalue weighted by molar-refractivity contribution is 0.318. The van der Waals surface area contributed by atoms with Gasteiger partial charge in [-0.1, -0.05) is 23.4 Å². The molecular formula is C13H19N3O3S. The van der Waals surface area contributed by atoms with Gasteiger partial charge in [-0.15, -0.1) is 0 Å². The maximum absolute atomic E-state index is 11.3. The Balaban J connectivity index is 1.92. The summed E-state index contributed by atoms with van der Waals surface area (Å²) in [5, 5.41) is 15.0. The number of sulfone groups is 1. The quantitative estimate of drug-likeness (QED) is 0.324. The monoisotopic (exact) mass is 297 g/mol. The van der Waals surface area contributed by atoms with E-state index in [1.165, 1.54) is 0 Å². The first-order chi connectivity index (χ1) is 9.50. The summed E-state index contributed by atoms with van der Waals surface area (Å²) in [5.74, 6) is 0.597. The number of hydrogen-bond acceptors (Lipinski definition) is 5. The van der Waals surface area contributed by atoms with Crippen molar-refractivity contribution in [2.45, 2.75) is 25.4 Å². The molecule has 0 atom stereocenters. The zero-order chi connectivity index (χ0) is 14.6. The highest BCUT2D eigenvalue weighted by molar-refractivity contribution is 7.91. The first kappa shape index (κ1) is 14.8. The summed E-state index contributed by atoms with van der Waals surface area (Å²) in [5.41, 5.74) is 7.23. The Morgan fingerprint density at radius 3 is 2.75 bits per heavy atom. The standard InChI is InChI=1S/C13H19N3O3S/c14-13(16-17)11-3-1-2-10(8-11)9-15-12-4-6-20(18,19)7-5-12/h1-3,8,12,15,17H,4-7,9H2,(H2,14,16). The number of hydrogen-bond donors (Lipinski definition) is 3. The van der Waals surface area contributed by atoms with Crippen LogP contribution in [0.1, 0.15) is 24.0 Å². The highest BCUT2D eigenvalue weighted by atomic mass is 32.2. The maximum Gasteiger partial charge on any atom is 0.170 e. The molecule has 0 unspecified atom stereocenters. The zero-order valence-electron chi connectivity index (χ0n) is 11.1. The fraction of sp³-hybridized carbons (Fsp3) is 0.462. The summed E-state index contributed by atoms with van der Waals surface area (Å²) in [4.78, 5) is 0. The van der Waals surface area contributed by atoms with Gasteiger partial charge in [0, 0.05) is 18.2 Å². The van der Waals surface area contributed by atoms with Gasteiger partial charge in [0.05, 0.1) is 11.5 Å². The lowest BCUT2D eigenvalue weighted by Crippen LogP contribution is -2.37. The number of rotatable bonds is 4. The van der Waals surface area contributed by atoms with Crippen LogP contribution >= 0.6 is 0 Å². The molecule has 1 aliphatic rings. The topological polar surface area (TPSA) is 105 Å². The maximum atomic E-state index is 11.3. The molecule has 2 rings (SSSR count). The van der Waals surface area contributed by atoms with E-state index in [0.29, 0.717) is 24.9 Å². The third-order valence-electron chi connectivity index (χ3n) is 3.48. The number of nitrogens with two attached hydrogens (primary N) is 1. The minimum atomic E-state index is -2.82. The third-order valence-corrected chi connectivity index (χ3v) is 5.20. The van der Waals surface area contributed by atoms with Crippen molar-refractivity contribution >= 4 is 15.7 Å². The first-order valence-electron chi connectivity index (χ1n) is 6.51. The molecule has 1 aromatic rings. The molecule has 0 radical (unpaired) electrons. The fourth-order valence-electron chi connectivity index (χ4n) is 2.25. The summed E-state index contributed by atoms with van der Waals surface area (Å²) >= 11 is 0. The summed E-state index contributed by atoms with van der Waals surface area (Å²) in [6, 6.07) is 7.63. The molecule has 0 amide bonds. The van der Waals surface area contributed by atoms with Crippen molar-refractivity contribution in [1.29, 1.82) is 0 Å². The van der Waals surface area contributed by atoms with Gasteiger partial charge in [0.15, 0.2) is 5.84 Å². The SMILES string of the molecule is NC(=NO)c1cccc(CNC2CCS(=O)(=O)CC2)c1. The largest absolute Gasteiger partial charge is 0.409 e. The van der Waals surface area contributed by atoms with Crippen molar-refractivity contribution in [2.75, 3.05) is 11.5 Å². The van der Waals surface area contributed by atoms with E-state index in [-0.39, 0.29) is 23.4 Å². The highest BCUT2D eigenvalue weighted by Crippen LogP contribution is 2.13. The fourth-order valence-corrected chi connectivity index (χ4v) is 3.75. The molecule has 1 heterocycles. The van der Waals surface area contributed by atoms with Crippen molar-refractivity contribution < 1.29 is 13.6 Å². The number of amidine groups is 1. The molecule has 0 bridgehead atoms. The van der Waals surface area contributed by atoms with Crippen molar-refractivity contribution in [3.8, 4) is 0 Å². The average Bonchev–Trinajstić information content (AvgIpc) is 2.45. The second kappa shape index (κ2) is 6.23. The van der Waals surface area contributed by atoms with Gasteiger partial charge < -0.3 is 16.3 Å². The van der Waals surface area contributed by atoms with Gasteiger partial charge in [0.25, 0.3) is 0 Å². The van der Waals surface area contributed by atoms with E-state index in [4.69, 9.17) is 10.9 Å². The van der Waals surface area contributed by atoms with Crippen LogP contribution in [0.4, 0.5) is 0 Å². The third kappa shape index (κ3) is 3.94. The van der Waals surface area contributed by atoms with E-state index in [0.717, 1.165) is 5.56 Å². The smallest absolute Gasteiger partial charge is 0.170 e. The van der Waals surface area contributed by atoms with E-state index in [1.807, 2.05) is 18.2 Å². The molecule has 110 valence electrons. The zero-order valence-corrected chi connectivity index (χ0v) is 11.9. The minimum absolute atomic E-state index is 0.0793. The predicted octanol–water partition coefficient (Wildman–Crippen LogP) is 0.448. The number of oxime groups is 1. The lowest BCUT2D eigenvalue weighted by Gasteiger charge is -2.23. The Labute approximate surface area is 118 Å². The van der Waals surface area contributed by atoms with Gasteiger partial charge in [0.1, 0.15) is 9.84 Å². The Kier molecular flexibility index (Phi) is 4.61. The molecule has 1 saturated heterocycles. The van der Waals surface area contributed by atoms with Crippen LogP contribution in [0.5, 0.6) is 0 Å².